The summed E-state index contributed by atoms with van der Waals surface area (Å²) in [5.41, 5.74) is 0.947. The molecule has 18 heavy (non-hydrogen) atoms. The number of amides is 1. The second-order valence-corrected chi connectivity index (χ2v) is 4.31. The van der Waals surface area contributed by atoms with Gasteiger partial charge in [0.2, 0.25) is 5.91 Å². The van der Waals surface area contributed by atoms with Gasteiger partial charge in [0.05, 0.1) is 6.04 Å². The van der Waals surface area contributed by atoms with Crippen LogP contribution in [0.1, 0.15) is 19.0 Å². The topological polar surface area (TPSA) is 63.1 Å². The molecular weight excluding hydrogens is 230 g/mol. The summed E-state index contributed by atoms with van der Waals surface area (Å²) in [6, 6.07) is 5.02. The summed E-state index contributed by atoms with van der Waals surface area (Å²) in [7, 11) is 1.75. The molecule has 0 spiro atoms. The van der Waals surface area contributed by atoms with Crippen molar-refractivity contribution in [3.05, 3.63) is 34.2 Å². The van der Waals surface area contributed by atoms with E-state index < -0.39 is 0 Å². The van der Waals surface area contributed by atoms with E-state index in [-0.39, 0.29) is 17.5 Å². The molecule has 1 aromatic heterocycles. The zero-order valence-corrected chi connectivity index (χ0v) is 11.2. The zero-order chi connectivity index (χ0) is 13.5. The summed E-state index contributed by atoms with van der Waals surface area (Å²) < 4.78 is 1.72. The van der Waals surface area contributed by atoms with Crippen LogP contribution in [0.15, 0.2) is 23.0 Å². The molecule has 0 aliphatic heterocycles. The summed E-state index contributed by atoms with van der Waals surface area (Å²) in [6.45, 7) is 4.91. The molecule has 1 amide bonds. The minimum absolute atomic E-state index is 0.00456. The van der Waals surface area contributed by atoms with Gasteiger partial charge in [0.25, 0.3) is 5.56 Å². The molecular formula is C13H21N3O2. The average Bonchev–Trinajstić information content (AvgIpc) is 2.36. The summed E-state index contributed by atoms with van der Waals surface area (Å²) in [5.74, 6) is -0.0189. The summed E-state index contributed by atoms with van der Waals surface area (Å²) in [4.78, 5) is 23.1. The third kappa shape index (κ3) is 4.00. The van der Waals surface area contributed by atoms with Gasteiger partial charge in [-0.1, -0.05) is 6.07 Å². The van der Waals surface area contributed by atoms with E-state index in [0.29, 0.717) is 13.1 Å². The third-order valence-corrected chi connectivity index (χ3v) is 2.95. The van der Waals surface area contributed by atoms with E-state index in [1.807, 2.05) is 13.0 Å². The van der Waals surface area contributed by atoms with Crippen LogP contribution >= 0.6 is 0 Å². The first-order valence-electron chi connectivity index (χ1n) is 6.17. The van der Waals surface area contributed by atoms with E-state index in [4.69, 9.17) is 0 Å². The first kappa shape index (κ1) is 14.4. The van der Waals surface area contributed by atoms with Gasteiger partial charge >= 0.3 is 0 Å². The van der Waals surface area contributed by atoms with Gasteiger partial charge in [-0.3, -0.25) is 9.59 Å². The fourth-order valence-corrected chi connectivity index (χ4v) is 1.64. The fraction of sp³-hybridized carbons (Fsp3) is 0.538. The number of rotatable bonds is 6. The monoisotopic (exact) mass is 251 g/mol. The minimum Gasteiger partial charge on any atom is -0.355 e. The number of aromatic nitrogens is 1. The van der Waals surface area contributed by atoms with E-state index in [1.54, 1.807) is 30.7 Å². The lowest BCUT2D eigenvalue weighted by atomic mass is 10.3. The minimum atomic E-state index is -0.189. The predicted molar refractivity (Wildman–Crippen MR) is 71.6 cm³/mol. The van der Waals surface area contributed by atoms with Gasteiger partial charge in [0.15, 0.2) is 0 Å². The number of nitrogens with zero attached hydrogens (tertiary/aromatic N) is 1. The molecule has 0 radical (unpaired) electrons. The first-order chi connectivity index (χ1) is 8.56. The lowest BCUT2D eigenvalue weighted by molar-refractivity contribution is -0.122. The Morgan fingerprint density at radius 2 is 2.17 bits per heavy atom. The van der Waals surface area contributed by atoms with Gasteiger partial charge in [-0.15, -0.1) is 0 Å². The SMILES string of the molecule is CN[C@@H](C)C(=O)NCCCn1c(C)cccc1=O. The van der Waals surface area contributed by atoms with Crippen LogP contribution in [-0.2, 0) is 11.3 Å². The van der Waals surface area contributed by atoms with E-state index in [1.165, 1.54) is 0 Å². The van der Waals surface area contributed by atoms with Crippen LogP contribution in [0.2, 0.25) is 0 Å². The highest BCUT2D eigenvalue weighted by atomic mass is 16.2. The number of carbonyl (C=O) groups excluding carboxylic acids is 1. The Kier molecular flexibility index (Phi) is 5.58. The molecule has 2 N–H and O–H groups in total. The molecule has 1 rings (SSSR count). The Hall–Kier alpha value is -1.62. The molecule has 1 heterocycles. The van der Waals surface area contributed by atoms with Crippen molar-refractivity contribution in [1.82, 2.24) is 15.2 Å². The standard InChI is InChI=1S/C13H21N3O2/c1-10-6-4-7-12(17)16(10)9-5-8-15-13(18)11(2)14-3/h4,6-7,11,14H,5,8-9H2,1-3H3,(H,15,18)/t11-/m0/s1. The molecule has 5 nitrogen and oxygen atoms in total. The third-order valence-electron chi connectivity index (χ3n) is 2.95. The van der Waals surface area contributed by atoms with Crippen LogP contribution in [-0.4, -0.2) is 30.1 Å². The Labute approximate surface area is 107 Å². The molecule has 0 bridgehead atoms. The number of pyridine rings is 1. The van der Waals surface area contributed by atoms with E-state index in [0.717, 1.165) is 12.1 Å². The Morgan fingerprint density at radius 1 is 1.44 bits per heavy atom. The maximum atomic E-state index is 11.6. The van der Waals surface area contributed by atoms with Crippen molar-refractivity contribution < 1.29 is 4.79 Å². The van der Waals surface area contributed by atoms with Crippen LogP contribution in [0.3, 0.4) is 0 Å². The van der Waals surface area contributed by atoms with Crippen molar-refractivity contribution in [2.75, 3.05) is 13.6 Å². The summed E-state index contributed by atoms with van der Waals surface area (Å²) >= 11 is 0. The van der Waals surface area contributed by atoms with Gasteiger partial charge in [-0.25, -0.2) is 0 Å². The molecule has 0 saturated heterocycles. The number of likely N-dealkylation sites (N-methyl/N-ethyl adjacent to an activating group) is 1. The van der Waals surface area contributed by atoms with Crippen LogP contribution in [0.5, 0.6) is 0 Å². The Balaban J connectivity index is 2.39. The van der Waals surface area contributed by atoms with Crippen molar-refractivity contribution in [1.29, 1.82) is 0 Å². The fourth-order valence-electron chi connectivity index (χ4n) is 1.64. The number of carbonyl (C=O) groups is 1. The predicted octanol–water partition coefficient (Wildman–Crippen LogP) is 0.271. The quantitative estimate of drug-likeness (QED) is 0.713. The molecule has 1 atom stereocenters. The molecule has 0 aliphatic carbocycles. The molecule has 100 valence electrons. The lowest BCUT2D eigenvalue weighted by Gasteiger charge is -2.12. The van der Waals surface area contributed by atoms with E-state index >= 15 is 0 Å². The normalized spacial score (nSPS) is 12.2. The van der Waals surface area contributed by atoms with Crippen LogP contribution in [0.25, 0.3) is 0 Å². The van der Waals surface area contributed by atoms with Crippen LogP contribution in [0, 0.1) is 6.92 Å². The van der Waals surface area contributed by atoms with Crippen molar-refractivity contribution in [3.63, 3.8) is 0 Å². The van der Waals surface area contributed by atoms with E-state index in [9.17, 15) is 9.59 Å². The highest BCUT2D eigenvalue weighted by Crippen LogP contribution is 1.95. The first-order valence-corrected chi connectivity index (χ1v) is 6.17. The average molecular weight is 251 g/mol. The molecule has 0 fully saturated rings. The molecule has 0 aromatic carbocycles. The smallest absolute Gasteiger partial charge is 0.250 e. The van der Waals surface area contributed by atoms with Crippen LogP contribution in [0.4, 0.5) is 0 Å². The molecule has 0 aliphatic rings. The second-order valence-electron chi connectivity index (χ2n) is 4.31. The molecule has 0 unspecified atom stereocenters. The lowest BCUT2D eigenvalue weighted by Crippen LogP contribution is -2.41. The van der Waals surface area contributed by atoms with Gasteiger partial charge in [-0.2, -0.15) is 0 Å². The maximum Gasteiger partial charge on any atom is 0.250 e. The number of aryl methyl sites for hydroxylation is 1. The molecule has 5 heteroatoms. The van der Waals surface area contributed by atoms with Crippen molar-refractivity contribution >= 4 is 5.91 Å². The largest absolute Gasteiger partial charge is 0.355 e. The Bertz CT molecular complexity index is 454. The number of hydrogen-bond acceptors (Lipinski definition) is 3. The Morgan fingerprint density at radius 3 is 2.78 bits per heavy atom. The zero-order valence-electron chi connectivity index (χ0n) is 11.2. The maximum absolute atomic E-state index is 11.6. The number of hydrogen-bond donors (Lipinski definition) is 2. The second kappa shape index (κ2) is 6.96. The highest BCUT2D eigenvalue weighted by molar-refractivity contribution is 5.81. The van der Waals surface area contributed by atoms with Gasteiger partial charge in [0.1, 0.15) is 0 Å². The van der Waals surface area contributed by atoms with Crippen molar-refractivity contribution in [2.24, 2.45) is 0 Å². The molecule has 1 aromatic rings. The highest BCUT2D eigenvalue weighted by Gasteiger charge is 2.08. The summed E-state index contributed by atoms with van der Waals surface area (Å²) in [5, 5.41) is 5.70. The van der Waals surface area contributed by atoms with Crippen molar-refractivity contribution in [3.8, 4) is 0 Å². The van der Waals surface area contributed by atoms with Gasteiger partial charge in [0, 0.05) is 24.8 Å². The summed E-state index contributed by atoms with van der Waals surface area (Å²) in [6.07, 6.45) is 0.743. The van der Waals surface area contributed by atoms with Gasteiger partial charge in [-0.05, 0) is 33.4 Å². The van der Waals surface area contributed by atoms with Crippen molar-refractivity contribution in [2.45, 2.75) is 32.9 Å². The van der Waals surface area contributed by atoms with Crippen LogP contribution < -0.4 is 16.2 Å². The number of nitrogens with one attached hydrogen (secondary N) is 2. The van der Waals surface area contributed by atoms with E-state index in [2.05, 4.69) is 10.6 Å². The molecule has 0 saturated carbocycles. The van der Waals surface area contributed by atoms with Gasteiger partial charge < -0.3 is 15.2 Å².